The molecule has 0 heterocycles. The third-order valence-electron chi connectivity index (χ3n) is 2.85. The number of nitrogens with one attached hydrogen (secondary N) is 1. The van der Waals surface area contributed by atoms with Crippen LogP contribution in [0.5, 0.6) is 11.5 Å². The number of hydrogen-bond acceptors (Lipinski definition) is 2. The molecular weight excluding hydrogens is 373 g/mol. The summed E-state index contributed by atoms with van der Waals surface area (Å²) in [6.07, 6.45) is 0. The Morgan fingerprint density at radius 3 is 2.48 bits per heavy atom. The van der Waals surface area contributed by atoms with E-state index in [9.17, 15) is 0 Å². The van der Waals surface area contributed by atoms with E-state index in [1.807, 2.05) is 24.3 Å². The van der Waals surface area contributed by atoms with Crippen molar-refractivity contribution in [3.05, 3.63) is 56.5 Å². The van der Waals surface area contributed by atoms with Crippen LogP contribution in [-0.2, 0) is 6.54 Å². The van der Waals surface area contributed by atoms with Gasteiger partial charge < -0.3 is 10.1 Å². The normalized spacial score (nSPS) is 11.0. The zero-order valence-corrected chi connectivity index (χ0v) is 14.9. The van der Waals surface area contributed by atoms with Crippen LogP contribution in [0.15, 0.2) is 40.9 Å². The molecule has 0 aliphatic carbocycles. The van der Waals surface area contributed by atoms with E-state index in [0.717, 1.165) is 16.6 Å². The second-order valence-electron chi connectivity index (χ2n) is 4.97. The molecule has 0 saturated carbocycles. The summed E-state index contributed by atoms with van der Waals surface area (Å²) in [6, 6.07) is 11.6. The average molecular weight is 389 g/mol. The fourth-order valence-electron chi connectivity index (χ4n) is 1.73. The third-order valence-corrected chi connectivity index (χ3v) is 3.99. The van der Waals surface area contributed by atoms with Gasteiger partial charge in [0.05, 0.1) is 5.02 Å². The zero-order chi connectivity index (χ0) is 15.4. The number of halogens is 3. The molecular formula is C16H16BrCl2NO. The molecule has 5 heteroatoms. The number of ether oxygens (including phenoxy) is 1. The van der Waals surface area contributed by atoms with E-state index in [1.54, 1.807) is 12.1 Å². The summed E-state index contributed by atoms with van der Waals surface area (Å²) in [5.41, 5.74) is 1.04. The van der Waals surface area contributed by atoms with Gasteiger partial charge in [0.1, 0.15) is 11.5 Å². The van der Waals surface area contributed by atoms with Crippen LogP contribution in [0.1, 0.15) is 19.4 Å². The summed E-state index contributed by atoms with van der Waals surface area (Å²) in [7, 11) is 0. The summed E-state index contributed by atoms with van der Waals surface area (Å²) < 4.78 is 6.68. The van der Waals surface area contributed by atoms with Crippen molar-refractivity contribution in [3.63, 3.8) is 0 Å². The average Bonchev–Trinajstić information content (AvgIpc) is 2.41. The molecule has 1 N–H and O–H groups in total. The summed E-state index contributed by atoms with van der Waals surface area (Å²) in [5.74, 6) is 1.27. The second-order valence-corrected chi connectivity index (χ2v) is 6.70. The highest BCUT2D eigenvalue weighted by molar-refractivity contribution is 9.10. The molecule has 2 rings (SSSR count). The van der Waals surface area contributed by atoms with Gasteiger partial charge in [0, 0.05) is 22.1 Å². The quantitative estimate of drug-likeness (QED) is 0.673. The lowest BCUT2D eigenvalue weighted by Gasteiger charge is -2.12. The van der Waals surface area contributed by atoms with Crippen molar-refractivity contribution >= 4 is 39.1 Å². The molecule has 0 fully saturated rings. The molecule has 0 radical (unpaired) electrons. The molecule has 0 bridgehead atoms. The highest BCUT2D eigenvalue weighted by atomic mass is 79.9. The SMILES string of the molecule is CC(C)NCc1ccc(Oc2ccc(Br)cc2Cl)cc1Cl. The maximum Gasteiger partial charge on any atom is 0.146 e. The second kappa shape index (κ2) is 7.50. The van der Waals surface area contributed by atoms with Gasteiger partial charge in [0.2, 0.25) is 0 Å². The predicted molar refractivity (Wildman–Crippen MR) is 92.7 cm³/mol. The van der Waals surface area contributed by atoms with Crippen LogP contribution in [-0.4, -0.2) is 6.04 Å². The molecule has 0 aliphatic rings. The lowest BCUT2D eigenvalue weighted by atomic mass is 10.2. The molecule has 0 atom stereocenters. The van der Waals surface area contributed by atoms with Crippen LogP contribution in [0.3, 0.4) is 0 Å². The van der Waals surface area contributed by atoms with E-state index in [2.05, 4.69) is 35.1 Å². The summed E-state index contributed by atoms with van der Waals surface area (Å²) >= 11 is 15.8. The Morgan fingerprint density at radius 2 is 1.86 bits per heavy atom. The van der Waals surface area contributed by atoms with Crippen molar-refractivity contribution in [1.82, 2.24) is 5.32 Å². The molecule has 2 aromatic carbocycles. The molecule has 0 aliphatic heterocycles. The lowest BCUT2D eigenvalue weighted by Crippen LogP contribution is -2.21. The monoisotopic (exact) mass is 387 g/mol. The largest absolute Gasteiger partial charge is 0.456 e. The number of rotatable bonds is 5. The number of hydrogen-bond donors (Lipinski definition) is 1. The lowest BCUT2D eigenvalue weighted by molar-refractivity contribution is 0.482. The summed E-state index contributed by atoms with van der Waals surface area (Å²) in [6.45, 7) is 4.93. The minimum atomic E-state index is 0.415. The van der Waals surface area contributed by atoms with Gasteiger partial charge in [0.25, 0.3) is 0 Å². The standard InChI is InChI=1S/C16H16BrCl2NO/c1-10(2)20-9-11-3-5-13(8-14(11)18)21-16-6-4-12(17)7-15(16)19/h3-8,10,20H,9H2,1-2H3. The van der Waals surface area contributed by atoms with E-state index in [4.69, 9.17) is 27.9 Å². The Balaban J connectivity index is 2.12. The van der Waals surface area contributed by atoms with Crippen molar-refractivity contribution in [2.24, 2.45) is 0 Å². The molecule has 0 spiro atoms. The molecule has 0 aromatic heterocycles. The van der Waals surface area contributed by atoms with Crippen molar-refractivity contribution in [2.45, 2.75) is 26.4 Å². The highest BCUT2D eigenvalue weighted by Gasteiger charge is 2.07. The molecule has 21 heavy (non-hydrogen) atoms. The van der Waals surface area contributed by atoms with E-state index in [1.165, 1.54) is 0 Å². The van der Waals surface area contributed by atoms with Gasteiger partial charge in [-0.25, -0.2) is 0 Å². The van der Waals surface area contributed by atoms with Crippen LogP contribution < -0.4 is 10.1 Å². The third kappa shape index (κ3) is 4.89. The van der Waals surface area contributed by atoms with E-state index in [0.29, 0.717) is 27.6 Å². The Kier molecular flexibility index (Phi) is 5.94. The van der Waals surface area contributed by atoms with Crippen LogP contribution in [0.25, 0.3) is 0 Å². The first kappa shape index (κ1) is 16.6. The highest BCUT2D eigenvalue weighted by Crippen LogP contribution is 2.33. The first-order valence-electron chi connectivity index (χ1n) is 6.60. The Morgan fingerprint density at radius 1 is 1.10 bits per heavy atom. The first-order chi connectivity index (χ1) is 9.95. The minimum Gasteiger partial charge on any atom is -0.456 e. The maximum atomic E-state index is 6.28. The van der Waals surface area contributed by atoms with Gasteiger partial charge in [-0.1, -0.05) is 59.0 Å². The topological polar surface area (TPSA) is 21.3 Å². The Bertz CT molecular complexity index is 632. The fourth-order valence-corrected chi connectivity index (χ4v) is 2.68. The molecule has 0 unspecified atom stereocenters. The fraction of sp³-hybridized carbons (Fsp3) is 0.250. The Hall–Kier alpha value is -0.740. The molecule has 2 aromatic rings. The summed E-state index contributed by atoms with van der Waals surface area (Å²) in [5, 5.41) is 4.56. The maximum absolute atomic E-state index is 6.28. The first-order valence-corrected chi connectivity index (χ1v) is 8.15. The van der Waals surface area contributed by atoms with Crippen LogP contribution in [0, 0.1) is 0 Å². The van der Waals surface area contributed by atoms with Gasteiger partial charge in [0.15, 0.2) is 0 Å². The van der Waals surface area contributed by atoms with Gasteiger partial charge in [-0.3, -0.25) is 0 Å². The molecule has 2 nitrogen and oxygen atoms in total. The molecule has 112 valence electrons. The molecule has 0 saturated heterocycles. The number of benzene rings is 2. The van der Waals surface area contributed by atoms with Gasteiger partial charge in [-0.15, -0.1) is 0 Å². The van der Waals surface area contributed by atoms with Gasteiger partial charge in [-0.05, 0) is 35.9 Å². The minimum absolute atomic E-state index is 0.415. The smallest absolute Gasteiger partial charge is 0.146 e. The van der Waals surface area contributed by atoms with E-state index >= 15 is 0 Å². The van der Waals surface area contributed by atoms with Crippen molar-refractivity contribution in [2.75, 3.05) is 0 Å². The van der Waals surface area contributed by atoms with E-state index < -0.39 is 0 Å². The van der Waals surface area contributed by atoms with Crippen LogP contribution in [0.2, 0.25) is 10.0 Å². The van der Waals surface area contributed by atoms with Crippen LogP contribution >= 0.6 is 39.1 Å². The zero-order valence-electron chi connectivity index (χ0n) is 11.8. The molecule has 0 amide bonds. The Labute approximate surface area is 143 Å². The van der Waals surface area contributed by atoms with Gasteiger partial charge in [-0.2, -0.15) is 0 Å². The van der Waals surface area contributed by atoms with Crippen molar-refractivity contribution in [3.8, 4) is 11.5 Å². The van der Waals surface area contributed by atoms with Crippen molar-refractivity contribution < 1.29 is 4.74 Å². The van der Waals surface area contributed by atoms with E-state index in [-0.39, 0.29) is 0 Å². The van der Waals surface area contributed by atoms with Crippen LogP contribution in [0.4, 0.5) is 0 Å². The predicted octanol–water partition coefficient (Wildman–Crippen LogP) is 6.05. The summed E-state index contributed by atoms with van der Waals surface area (Å²) in [4.78, 5) is 0. The van der Waals surface area contributed by atoms with Gasteiger partial charge >= 0.3 is 0 Å². The van der Waals surface area contributed by atoms with Crippen molar-refractivity contribution in [1.29, 1.82) is 0 Å².